The van der Waals surface area contributed by atoms with Gasteiger partial charge in [0, 0.05) is 28.9 Å². The number of nitrogens with zero attached hydrogens (tertiary/aromatic N) is 6. The van der Waals surface area contributed by atoms with Crippen molar-refractivity contribution < 1.29 is 4.74 Å². The van der Waals surface area contributed by atoms with Gasteiger partial charge in [-0.15, -0.1) is 0 Å². The number of para-hydroxylation sites is 2. The van der Waals surface area contributed by atoms with Crippen LogP contribution in [-0.2, 0) is 4.74 Å². The van der Waals surface area contributed by atoms with Crippen molar-refractivity contribution in [2.75, 3.05) is 41.5 Å². The zero-order valence-electron chi connectivity index (χ0n) is 19.0. The van der Waals surface area contributed by atoms with Crippen LogP contribution in [0.5, 0.6) is 0 Å². The molecule has 0 aliphatic carbocycles. The monoisotopic (exact) mass is 529 g/mol. The van der Waals surface area contributed by atoms with E-state index >= 15 is 0 Å². The fourth-order valence-electron chi connectivity index (χ4n) is 3.66. The topological polar surface area (TPSA) is 78.8 Å². The molecule has 0 unspecified atom stereocenters. The smallest absolute Gasteiger partial charge is 0.250 e. The highest BCUT2D eigenvalue weighted by atomic mass is 79.9. The average molecular weight is 530 g/mol. The van der Waals surface area contributed by atoms with Crippen LogP contribution >= 0.6 is 15.9 Å². The Morgan fingerprint density at radius 2 is 1.46 bits per heavy atom. The molecular weight excluding hydrogens is 506 g/mol. The number of ether oxygens (including phenoxy) is 1. The maximum absolute atomic E-state index is 5.52. The molecule has 1 N–H and O–H groups in total. The Kier molecular flexibility index (Phi) is 7.26. The van der Waals surface area contributed by atoms with Crippen molar-refractivity contribution in [3.63, 3.8) is 0 Å². The van der Waals surface area contributed by atoms with Gasteiger partial charge < -0.3 is 9.64 Å². The van der Waals surface area contributed by atoms with E-state index in [2.05, 4.69) is 36.3 Å². The van der Waals surface area contributed by atoms with Gasteiger partial charge in [0.1, 0.15) is 0 Å². The molecule has 5 rings (SSSR count). The third kappa shape index (κ3) is 5.82. The summed E-state index contributed by atoms with van der Waals surface area (Å²) in [4.78, 5) is 18.4. The van der Waals surface area contributed by atoms with Crippen LogP contribution in [0, 0.1) is 0 Å². The lowest BCUT2D eigenvalue weighted by Gasteiger charge is -2.28. The minimum absolute atomic E-state index is 0.363. The summed E-state index contributed by atoms with van der Waals surface area (Å²) < 4.78 is 6.54. The van der Waals surface area contributed by atoms with Crippen molar-refractivity contribution in [3.8, 4) is 0 Å². The third-order valence-corrected chi connectivity index (χ3v) is 5.91. The van der Waals surface area contributed by atoms with Crippen LogP contribution < -0.4 is 15.2 Å². The zero-order chi connectivity index (χ0) is 23.9. The lowest BCUT2D eigenvalue weighted by molar-refractivity contribution is 0.122. The summed E-state index contributed by atoms with van der Waals surface area (Å²) in [6.07, 6.45) is 1.73. The molecule has 4 aromatic rings. The van der Waals surface area contributed by atoms with E-state index in [9.17, 15) is 0 Å². The van der Waals surface area contributed by atoms with Crippen LogP contribution in [0.1, 0.15) is 5.56 Å². The predicted octanol–water partition coefficient (Wildman–Crippen LogP) is 5.39. The van der Waals surface area contributed by atoms with Gasteiger partial charge in [-0.2, -0.15) is 20.1 Å². The molecule has 9 heteroatoms. The number of rotatable bonds is 7. The first-order valence-corrected chi connectivity index (χ1v) is 12.1. The quantitative estimate of drug-likeness (QED) is 0.254. The highest BCUT2D eigenvalue weighted by molar-refractivity contribution is 9.10. The van der Waals surface area contributed by atoms with Crippen molar-refractivity contribution in [2.45, 2.75) is 0 Å². The molecule has 0 bridgehead atoms. The van der Waals surface area contributed by atoms with Gasteiger partial charge in [-0.1, -0.05) is 64.5 Å². The molecule has 1 aliphatic rings. The van der Waals surface area contributed by atoms with Crippen LogP contribution in [0.3, 0.4) is 0 Å². The molecule has 1 fully saturated rings. The van der Waals surface area contributed by atoms with Crippen molar-refractivity contribution in [1.82, 2.24) is 15.0 Å². The van der Waals surface area contributed by atoms with Gasteiger partial charge in [0.25, 0.3) is 0 Å². The number of hydrazone groups is 1. The summed E-state index contributed by atoms with van der Waals surface area (Å²) in [6.45, 7) is 2.68. The lowest BCUT2D eigenvalue weighted by Crippen LogP contribution is -2.37. The molecule has 1 aliphatic heterocycles. The van der Waals surface area contributed by atoms with Crippen LogP contribution in [0.2, 0.25) is 0 Å². The SMILES string of the molecule is Brc1ccc(/C=N/Nc2nc(N3CCOCC3)nc(N(c3ccccc3)c3ccccc3)n2)cc1. The fourth-order valence-corrected chi connectivity index (χ4v) is 3.92. The maximum Gasteiger partial charge on any atom is 0.250 e. The first-order valence-electron chi connectivity index (χ1n) is 11.3. The normalized spacial score (nSPS) is 13.7. The second-order valence-electron chi connectivity index (χ2n) is 7.79. The number of anilines is 5. The van der Waals surface area contributed by atoms with Crippen molar-refractivity contribution >= 4 is 51.4 Å². The standard InChI is InChI=1S/C26H24BrN7O/c27-21-13-11-20(12-14-21)19-28-32-24-29-25(33-15-17-35-18-16-33)31-26(30-24)34(22-7-3-1-4-8-22)23-9-5-2-6-10-23/h1-14,19H,15-18H2,(H,29,30,31,32)/b28-19+. The van der Waals surface area contributed by atoms with Crippen molar-refractivity contribution in [2.24, 2.45) is 5.10 Å². The molecule has 2 heterocycles. The Bertz CT molecular complexity index is 1220. The molecule has 35 heavy (non-hydrogen) atoms. The minimum atomic E-state index is 0.363. The number of hydrogen-bond acceptors (Lipinski definition) is 8. The molecule has 176 valence electrons. The second-order valence-corrected chi connectivity index (χ2v) is 8.70. The van der Waals surface area contributed by atoms with Crippen molar-refractivity contribution in [3.05, 3.63) is 95.0 Å². The van der Waals surface area contributed by atoms with Gasteiger partial charge in [0.2, 0.25) is 17.8 Å². The molecule has 1 saturated heterocycles. The third-order valence-electron chi connectivity index (χ3n) is 5.38. The van der Waals surface area contributed by atoms with Crippen LogP contribution in [0.15, 0.2) is 94.5 Å². The average Bonchev–Trinajstić information content (AvgIpc) is 2.92. The minimum Gasteiger partial charge on any atom is -0.378 e. The fraction of sp³-hybridized carbons (Fsp3) is 0.154. The maximum atomic E-state index is 5.52. The summed E-state index contributed by atoms with van der Waals surface area (Å²) in [7, 11) is 0. The second kappa shape index (κ2) is 11.1. The highest BCUT2D eigenvalue weighted by Gasteiger charge is 2.21. The predicted molar refractivity (Wildman–Crippen MR) is 143 cm³/mol. The van der Waals surface area contributed by atoms with Gasteiger partial charge in [-0.25, -0.2) is 5.43 Å². The van der Waals surface area contributed by atoms with E-state index in [0.29, 0.717) is 44.1 Å². The first kappa shape index (κ1) is 22.9. The Hall–Kier alpha value is -3.82. The molecule has 1 aromatic heterocycles. The van der Waals surface area contributed by atoms with Gasteiger partial charge in [-0.05, 0) is 42.0 Å². The molecule has 0 amide bonds. The Balaban J connectivity index is 1.53. The molecule has 8 nitrogen and oxygen atoms in total. The summed E-state index contributed by atoms with van der Waals surface area (Å²) >= 11 is 3.45. The largest absolute Gasteiger partial charge is 0.378 e. The van der Waals surface area contributed by atoms with Gasteiger partial charge in [0.15, 0.2) is 0 Å². The molecule has 0 spiro atoms. The van der Waals surface area contributed by atoms with E-state index in [1.165, 1.54) is 0 Å². The van der Waals surface area contributed by atoms with E-state index in [4.69, 9.17) is 14.7 Å². The summed E-state index contributed by atoms with van der Waals surface area (Å²) in [5.41, 5.74) is 5.85. The van der Waals surface area contributed by atoms with Crippen LogP contribution in [-0.4, -0.2) is 47.5 Å². The van der Waals surface area contributed by atoms with E-state index in [-0.39, 0.29) is 0 Å². The first-order chi connectivity index (χ1) is 17.3. The van der Waals surface area contributed by atoms with E-state index in [1.807, 2.05) is 89.8 Å². The molecule has 0 saturated carbocycles. The molecule has 0 atom stereocenters. The Labute approximate surface area is 212 Å². The van der Waals surface area contributed by atoms with E-state index < -0.39 is 0 Å². The summed E-state index contributed by atoms with van der Waals surface area (Å²) in [6, 6.07) is 28.0. The van der Waals surface area contributed by atoms with Gasteiger partial charge in [0.05, 0.1) is 19.4 Å². The number of aromatic nitrogens is 3. The Morgan fingerprint density at radius 1 is 0.829 bits per heavy atom. The summed E-state index contributed by atoms with van der Waals surface area (Å²) in [5, 5.41) is 4.37. The number of nitrogens with one attached hydrogen (secondary N) is 1. The number of benzene rings is 3. The number of hydrogen-bond donors (Lipinski definition) is 1. The molecular formula is C26H24BrN7O. The van der Waals surface area contributed by atoms with Crippen LogP contribution in [0.4, 0.5) is 29.2 Å². The van der Waals surface area contributed by atoms with Gasteiger partial charge >= 0.3 is 0 Å². The van der Waals surface area contributed by atoms with Crippen LogP contribution in [0.25, 0.3) is 0 Å². The molecule has 0 radical (unpaired) electrons. The van der Waals surface area contributed by atoms with Crippen molar-refractivity contribution in [1.29, 1.82) is 0 Å². The van der Waals surface area contributed by atoms with Gasteiger partial charge in [-0.3, -0.25) is 4.90 Å². The Morgan fingerprint density at radius 3 is 2.09 bits per heavy atom. The lowest BCUT2D eigenvalue weighted by atomic mass is 10.2. The molecule has 3 aromatic carbocycles. The highest BCUT2D eigenvalue weighted by Crippen LogP contribution is 2.33. The number of halogens is 1. The van der Waals surface area contributed by atoms with E-state index in [1.54, 1.807) is 6.21 Å². The summed E-state index contributed by atoms with van der Waals surface area (Å²) in [5.74, 6) is 1.44. The zero-order valence-corrected chi connectivity index (χ0v) is 20.5. The number of morpholine rings is 1. The van der Waals surface area contributed by atoms with E-state index in [0.717, 1.165) is 21.4 Å².